The molecule has 0 aliphatic carbocycles. The fourth-order valence-corrected chi connectivity index (χ4v) is 1.73. The van der Waals surface area contributed by atoms with Gasteiger partial charge >= 0.3 is 6.18 Å². The highest BCUT2D eigenvalue weighted by atomic mass is 19.4. The van der Waals surface area contributed by atoms with E-state index in [0.29, 0.717) is 12.0 Å². The standard InChI is InChI=1S/C11H9F4N/c12-8-3-1-7(2-4-8)9-5-6-10(16-9)11(13,14)15/h1-4,9H,5-6H2/t9-/m0/s1. The lowest BCUT2D eigenvalue weighted by Crippen LogP contribution is -2.20. The van der Waals surface area contributed by atoms with Gasteiger partial charge in [0.15, 0.2) is 0 Å². The number of benzene rings is 1. The van der Waals surface area contributed by atoms with E-state index in [2.05, 4.69) is 4.99 Å². The van der Waals surface area contributed by atoms with Gasteiger partial charge in [0.1, 0.15) is 11.5 Å². The van der Waals surface area contributed by atoms with Crippen LogP contribution in [0.25, 0.3) is 0 Å². The minimum absolute atomic E-state index is 0.0639. The van der Waals surface area contributed by atoms with Crippen LogP contribution in [-0.4, -0.2) is 11.9 Å². The molecular weight excluding hydrogens is 222 g/mol. The van der Waals surface area contributed by atoms with Gasteiger partial charge < -0.3 is 0 Å². The Balaban J connectivity index is 2.20. The van der Waals surface area contributed by atoms with Crippen LogP contribution in [0, 0.1) is 5.82 Å². The van der Waals surface area contributed by atoms with Crippen molar-refractivity contribution < 1.29 is 17.6 Å². The zero-order chi connectivity index (χ0) is 11.8. The van der Waals surface area contributed by atoms with Crippen molar-refractivity contribution in [1.29, 1.82) is 0 Å². The molecule has 0 saturated carbocycles. The molecule has 1 aliphatic rings. The Kier molecular flexibility index (Phi) is 2.69. The van der Waals surface area contributed by atoms with Gasteiger partial charge in [0, 0.05) is 0 Å². The maximum absolute atomic E-state index is 12.6. The summed E-state index contributed by atoms with van der Waals surface area (Å²) in [5.74, 6) is -0.401. The smallest absolute Gasteiger partial charge is 0.277 e. The van der Waals surface area contributed by atoms with E-state index in [1.165, 1.54) is 24.3 Å². The number of halogens is 4. The zero-order valence-electron chi connectivity index (χ0n) is 8.26. The number of aliphatic imine (C=N–C) groups is 1. The van der Waals surface area contributed by atoms with Crippen molar-refractivity contribution in [3.05, 3.63) is 35.6 Å². The highest BCUT2D eigenvalue weighted by Crippen LogP contribution is 2.34. The first-order valence-electron chi connectivity index (χ1n) is 4.86. The van der Waals surface area contributed by atoms with E-state index >= 15 is 0 Å². The van der Waals surface area contributed by atoms with Crippen molar-refractivity contribution in [2.45, 2.75) is 25.1 Å². The summed E-state index contributed by atoms with van der Waals surface area (Å²) in [5.41, 5.74) is -0.0949. The Labute approximate surface area is 89.8 Å². The van der Waals surface area contributed by atoms with Gasteiger partial charge in [0.25, 0.3) is 0 Å². The Morgan fingerprint density at radius 1 is 1.12 bits per heavy atom. The molecule has 1 heterocycles. The van der Waals surface area contributed by atoms with Crippen LogP contribution in [0.4, 0.5) is 17.6 Å². The van der Waals surface area contributed by atoms with Gasteiger partial charge in [-0.15, -0.1) is 0 Å². The van der Waals surface area contributed by atoms with Crippen molar-refractivity contribution in [2.75, 3.05) is 0 Å². The molecule has 1 aliphatic heterocycles. The van der Waals surface area contributed by atoms with Crippen LogP contribution >= 0.6 is 0 Å². The van der Waals surface area contributed by atoms with Crippen LogP contribution in [0.5, 0.6) is 0 Å². The summed E-state index contributed by atoms with van der Waals surface area (Å²) in [5, 5.41) is 0. The lowest BCUT2D eigenvalue weighted by molar-refractivity contribution is -0.0599. The fraction of sp³-hybridized carbons (Fsp3) is 0.364. The molecule has 0 N–H and O–H groups in total. The fourth-order valence-electron chi connectivity index (χ4n) is 1.73. The molecule has 0 unspecified atom stereocenters. The maximum Gasteiger partial charge on any atom is 0.429 e. The molecule has 16 heavy (non-hydrogen) atoms. The monoisotopic (exact) mass is 231 g/mol. The van der Waals surface area contributed by atoms with Crippen LogP contribution in [0.15, 0.2) is 29.3 Å². The summed E-state index contributed by atoms with van der Waals surface area (Å²) >= 11 is 0. The van der Waals surface area contributed by atoms with Crippen molar-refractivity contribution in [3.63, 3.8) is 0 Å². The molecule has 0 spiro atoms. The Morgan fingerprint density at radius 2 is 1.75 bits per heavy atom. The molecule has 0 bridgehead atoms. The molecule has 5 heteroatoms. The van der Waals surface area contributed by atoms with Crippen molar-refractivity contribution in [1.82, 2.24) is 0 Å². The molecule has 0 fully saturated rings. The minimum atomic E-state index is -4.34. The predicted molar refractivity (Wildman–Crippen MR) is 51.9 cm³/mol. The average Bonchev–Trinajstić information content (AvgIpc) is 2.67. The Hall–Kier alpha value is -1.39. The molecule has 0 saturated heterocycles. The Bertz CT molecular complexity index is 405. The molecule has 0 radical (unpaired) electrons. The number of alkyl halides is 3. The first-order valence-corrected chi connectivity index (χ1v) is 4.86. The summed E-state index contributed by atoms with van der Waals surface area (Å²) in [6.45, 7) is 0. The van der Waals surface area contributed by atoms with Gasteiger partial charge in [-0.2, -0.15) is 13.2 Å². The largest absolute Gasteiger partial charge is 0.429 e. The molecule has 1 aromatic rings. The number of hydrogen-bond acceptors (Lipinski definition) is 1. The third-order valence-electron chi connectivity index (χ3n) is 2.55. The van der Waals surface area contributed by atoms with E-state index in [9.17, 15) is 17.6 Å². The van der Waals surface area contributed by atoms with Gasteiger partial charge in [0.05, 0.1) is 6.04 Å². The lowest BCUT2D eigenvalue weighted by atomic mass is 10.0. The maximum atomic E-state index is 12.6. The average molecular weight is 231 g/mol. The molecule has 0 aromatic heterocycles. The quantitative estimate of drug-likeness (QED) is 0.654. The van der Waals surface area contributed by atoms with Crippen molar-refractivity contribution in [3.8, 4) is 0 Å². The molecule has 1 nitrogen and oxygen atoms in total. The second-order valence-corrected chi connectivity index (χ2v) is 3.68. The van der Waals surface area contributed by atoms with E-state index in [4.69, 9.17) is 0 Å². The van der Waals surface area contributed by atoms with E-state index in [0.717, 1.165) is 0 Å². The van der Waals surface area contributed by atoms with Crippen LogP contribution in [0.3, 0.4) is 0 Å². The minimum Gasteiger partial charge on any atom is -0.277 e. The highest BCUT2D eigenvalue weighted by Gasteiger charge is 2.39. The lowest BCUT2D eigenvalue weighted by Gasteiger charge is -2.06. The summed E-state index contributed by atoms with van der Waals surface area (Å²) in [7, 11) is 0. The molecule has 1 atom stereocenters. The van der Waals surface area contributed by atoms with Crippen LogP contribution < -0.4 is 0 Å². The molecule has 1 aromatic carbocycles. The molecular formula is C11H9F4N. The summed E-state index contributed by atoms with van der Waals surface area (Å²) in [6, 6.07) is 4.93. The molecule has 0 amide bonds. The first-order chi connectivity index (χ1) is 7.47. The van der Waals surface area contributed by atoms with Crippen molar-refractivity contribution in [2.24, 2.45) is 4.99 Å². The van der Waals surface area contributed by atoms with Gasteiger partial charge in [-0.1, -0.05) is 12.1 Å². The topological polar surface area (TPSA) is 12.4 Å². The predicted octanol–water partition coefficient (Wildman–Crippen LogP) is 3.66. The van der Waals surface area contributed by atoms with E-state index < -0.39 is 23.7 Å². The van der Waals surface area contributed by atoms with Gasteiger partial charge in [0.2, 0.25) is 0 Å². The second kappa shape index (κ2) is 3.88. The van der Waals surface area contributed by atoms with E-state index in [1.807, 2.05) is 0 Å². The van der Waals surface area contributed by atoms with Crippen LogP contribution in [0.2, 0.25) is 0 Å². The third kappa shape index (κ3) is 2.23. The van der Waals surface area contributed by atoms with Crippen molar-refractivity contribution >= 4 is 5.71 Å². The third-order valence-corrected chi connectivity index (χ3v) is 2.55. The second-order valence-electron chi connectivity index (χ2n) is 3.68. The normalized spacial score (nSPS) is 21.0. The summed E-state index contributed by atoms with van der Waals surface area (Å²) < 4.78 is 49.6. The number of nitrogens with zero attached hydrogens (tertiary/aromatic N) is 1. The highest BCUT2D eigenvalue weighted by molar-refractivity contribution is 5.91. The molecule has 2 rings (SSSR count). The number of hydrogen-bond donors (Lipinski definition) is 0. The SMILES string of the molecule is Fc1ccc([C@@H]2CCC(C(F)(F)F)=N2)cc1. The van der Waals surface area contributed by atoms with Gasteiger partial charge in [-0.25, -0.2) is 4.39 Å². The van der Waals surface area contributed by atoms with Crippen LogP contribution in [0.1, 0.15) is 24.4 Å². The summed E-state index contributed by atoms with van der Waals surface area (Å²) in [4.78, 5) is 3.63. The number of rotatable bonds is 1. The zero-order valence-corrected chi connectivity index (χ0v) is 8.26. The van der Waals surface area contributed by atoms with Crippen LogP contribution in [-0.2, 0) is 0 Å². The Morgan fingerprint density at radius 3 is 2.25 bits per heavy atom. The van der Waals surface area contributed by atoms with Gasteiger partial charge in [-0.3, -0.25) is 4.99 Å². The van der Waals surface area contributed by atoms with E-state index in [1.54, 1.807) is 0 Å². The van der Waals surface area contributed by atoms with E-state index in [-0.39, 0.29) is 6.42 Å². The molecule has 86 valence electrons. The van der Waals surface area contributed by atoms with Gasteiger partial charge in [-0.05, 0) is 30.5 Å². The summed E-state index contributed by atoms with van der Waals surface area (Å²) in [6.07, 6.45) is -4.07. The first kappa shape index (κ1) is 11.1.